The Hall–Kier alpha value is -2.77. The zero-order valence-electron chi connectivity index (χ0n) is 16.8. The van der Waals surface area contributed by atoms with E-state index in [9.17, 15) is 34.8 Å². The fourth-order valence-corrected chi connectivity index (χ4v) is 4.52. The number of hydroxylamine groups is 1. The first-order valence-corrected chi connectivity index (χ1v) is 10.9. The van der Waals surface area contributed by atoms with Crippen LogP contribution in [0.1, 0.15) is 17.5 Å². The average molecular weight is 496 g/mol. The molecular weight excluding hydrogens is 478 g/mol. The van der Waals surface area contributed by atoms with Crippen LogP contribution in [0.2, 0.25) is 0 Å². The van der Waals surface area contributed by atoms with Gasteiger partial charge in [-0.15, -0.1) is 13.2 Å². The lowest BCUT2D eigenvalue weighted by Crippen LogP contribution is -2.37. The van der Waals surface area contributed by atoms with E-state index in [1.165, 1.54) is 30.3 Å². The molecule has 3 rings (SSSR count). The van der Waals surface area contributed by atoms with Gasteiger partial charge in [0.1, 0.15) is 10.6 Å². The zero-order valence-corrected chi connectivity index (χ0v) is 17.6. The lowest BCUT2D eigenvalue weighted by atomic mass is 10.1. The van der Waals surface area contributed by atoms with Gasteiger partial charge in [-0.05, 0) is 35.9 Å². The van der Waals surface area contributed by atoms with Crippen LogP contribution < -0.4 is 10.2 Å². The first-order chi connectivity index (χ1) is 15.4. The van der Waals surface area contributed by atoms with Crippen LogP contribution in [0.5, 0.6) is 5.75 Å². The molecule has 0 saturated carbocycles. The minimum absolute atomic E-state index is 0.0611. The van der Waals surface area contributed by atoms with Gasteiger partial charge >= 0.3 is 12.5 Å². The SMILES string of the molecule is O=S(=O)(c1ccccc1OC(F)(F)F)N1CC=C(NOCc2cccc(C(F)(F)F)c2)CC1. The molecule has 1 heterocycles. The number of sulfonamides is 1. The van der Waals surface area contributed by atoms with Crippen LogP contribution in [0.3, 0.4) is 0 Å². The third-order valence-corrected chi connectivity index (χ3v) is 6.47. The number of para-hydroxylation sites is 1. The van der Waals surface area contributed by atoms with Gasteiger partial charge in [0.25, 0.3) is 0 Å². The Kier molecular flexibility index (Phi) is 7.24. The third kappa shape index (κ3) is 6.62. The summed E-state index contributed by atoms with van der Waals surface area (Å²) in [6.07, 6.45) is -7.93. The quantitative estimate of drug-likeness (QED) is 0.448. The molecule has 33 heavy (non-hydrogen) atoms. The van der Waals surface area contributed by atoms with Gasteiger partial charge in [-0.3, -0.25) is 10.3 Å². The number of nitrogens with one attached hydrogen (secondary N) is 1. The molecule has 1 aliphatic rings. The van der Waals surface area contributed by atoms with E-state index in [-0.39, 0.29) is 31.7 Å². The van der Waals surface area contributed by atoms with E-state index in [0.29, 0.717) is 5.70 Å². The second-order valence-electron chi connectivity index (χ2n) is 6.93. The zero-order chi connectivity index (χ0) is 24.3. The molecule has 0 amide bonds. The van der Waals surface area contributed by atoms with Crippen LogP contribution in [0, 0.1) is 0 Å². The van der Waals surface area contributed by atoms with Crippen molar-refractivity contribution >= 4 is 10.0 Å². The minimum Gasteiger partial charge on any atom is -0.404 e. The van der Waals surface area contributed by atoms with Crippen LogP contribution in [0.25, 0.3) is 0 Å². The summed E-state index contributed by atoms with van der Waals surface area (Å²) in [4.78, 5) is 4.59. The number of hydrogen-bond donors (Lipinski definition) is 1. The molecule has 180 valence electrons. The van der Waals surface area contributed by atoms with Crippen molar-refractivity contribution in [3.63, 3.8) is 0 Å². The predicted octanol–water partition coefficient (Wildman–Crippen LogP) is 4.60. The molecule has 0 saturated heterocycles. The summed E-state index contributed by atoms with van der Waals surface area (Å²) < 4.78 is 107. The number of alkyl halides is 6. The van der Waals surface area contributed by atoms with Gasteiger partial charge in [0.15, 0.2) is 0 Å². The maximum atomic E-state index is 12.8. The maximum Gasteiger partial charge on any atom is 0.573 e. The fourth-order valence-electron chi connectivity index (χ4n) is 3.02. The summed E-state index contributed by atoms with van der Waals surface area (Å²) >= 11 is 0. The Labute approximate surface area is 185 Å². The van der Waals surface area contributed by atoms with E-state index in [1.807, 2.05) is 0 Å². The van der Waals surface area contributed by atoms with Crippen molar-refractivity contribution in [3.8, 4) is 5.75 Å². The fraction of sp³-hybridized carbons (Fsp3) is 0.300. The van der Waals surface area contributed by atoms with Crippen molar-refractivity contribution < 1.29 is 44.3 Å². The molecule has 2 aromatic carbocycles. The van der Waals surface area contributed by atoms with Gasteiger partial charge in [0.05, 0.1) is 12.2 Å². The van der Waals surface area contributed by atoms with Crippen LogP contribution in [0.15, 0.2) is 65.2 Å². The summed E-state index contributed by atoms with van der Waals surface area (Å²) in [7, 11) is -4.28. The maximum absolute atomic E-state index is 12.8. The number of nitrogens with zero attached hydrogens (tertiary/aromatic N) is 1. The Bertz CT molecular complexity index is 1120. The van der Waals surface area contributed by atoms with Gasteiger partial charge in [-0.1, -0.05) is 24.3 Å². The third-order valence-electron chi connectivity index (χ3n) is 4.56. The average Bonchev–Trinajstić information content (AvgIpc) is 2.73. The van der Waals surface area contributed by atoms with E-state index in [1.54, 1.807) is 0 Å². The highest BCUT2D eigenvalue weighted by Gasteiger charge is 2.36. The largest absolute Gasteiger partial charge is 0.573 e. The van der Waals surface area contributed by atoms with E-state index in [4.69, 9.17) is 4.84 Å². The first kappa shape index (κ1) is 24.9. The number of halogens is 6. The molecule has 0 spiro atoms. The molecule has 6 nitrogen and oxygen atoms in total. The standard InChI is InChI=1S/C20H18F6N2O4S/c21-19(22,23)15-5-3-4-14(12-15)13-31-27-16-8-10-28(11-9-16)33(29,30)18-7-2-1-6-17(18)32-20(24,25)26/h1-8,12,27H,9-11,13H2. The molecule has 0 fully saturated rings. The van der Waals surface area contributed by atoms with Crippen molar-refractivity contribution in [2.75, 3.05) is 13.1 Å². The first-order valence-electron chi connectivity index (χ1n) is 9.44. The van der Waals surface area contributed by atoms with E-state index >= 15 is 0 Å². The Morgan fingerprint density at radius 1 is 1.00 bits per heavy atom. The number of hydrogen-bond acceptors (Lipinski definition) is 5. The summed E-state index contributed by atoms with van der Waals surface area (Å²) in [6, 6.07) is 9.04. The smallest absolute Gasteiger partial charge is 0.404 e. The lowest BCUT2D eigenvalue weighted by molar-refractivity contribution is -0.275. The normalized spacial score (nSPS) is 15.8. The molecule has 0 radical (unpaired) electrons. The summed E-state index contributed by atoms with van der Waals surface area (Å²) in [5.41, 5.74) is 2.52. The minimum atomic E-state index is -5.05. The van der Waals surface area contributed by atoms with Gasteiger partial charge in [-0.2, -0.15) is 17.5 Å². The second kappa shape index (κ2) is 9.61. The number of ether oxygens (including phenoxy) is 1. The summed E-state index contributed by atoms with van der Waals surface area (Å²) in [6.45, 7) is -0.391. The molecule has 0 bridgehead atoms. The molecule has 2 aromatic rings. The van der Waals surface area contributed by atoms with Crippen molar-refractivity contribution in [1.82, 2.24) is 9.79 Å². The summed E-state index contributed by atoms with van der Waals surface area (Å²) in [5, 5.41) is 0. The van der Waals surface area contributed by atoms with E-state index in [2.05, 4.69) is 10.2 Å². The molecule has 0 atom stereocenters. The van der Waals surface area contributed by atoms with E-state index in [0.717, 1.165) is 28.6 Å². The Morgan fingerprint density at radius 2 is 1.73 bits per heavy atom. The molecule has 0 aromatic heterocycles. The predicted molar refractivity (Wildman–Crippen MR) is 104 cm³/mol. The highest BCUT2D eigenvalue weighted by atomic mass is 32.2. The van der Waals surface area contributed by atoms with E-state index < -0.39 is 38.8 Å². The molecule has 13 heteroatoms. The van der Waals surface area contributed by atoms with Crippen molar-refractivity contribution in [3.05, 3.63) is 71.4 Å². The Balaban J connectivity index is 1.61. The highest BCUT2D eigenvalue weighted by molar-refractivity contribution is 7.89. The lowest BCUT2D eigenvalue weighted by Gasteiger charge is -2.27. The van der Waals surface area contributed by atoms with Gasteiger partial charge < -0.3 is 4.74 Å². The number of benzene rings is 2. The topological polar surface area (TPSA) is 67.9 Å². The molecule has 0 aliphatic carbocycles. The molecule has 1 aliphatic heterocycles. The highest BCUT2D eigenvalue weighted by Crippen LogP contribution is 2.32. The van der Waals surface area contributed by atoms with Crippen LogP contribution >= 0.6 is 0 Å². The van der Waals surface area contributed by atoms with Crippen molar-refractivity contribution in [2.45, 2.75) is 30.5 Å². The molecular formula is C20H18F6N2O4S. The van der Waals surface area contributed by atoms with Crippen molar-refractivity contribution in [1.29, 1.82) is 0 Å². The number of rotatable bonds is 7. The van der Waals surface area contributed by atoms with Gasteiger partial charge in [-0.25, -0.2) is 8.42 Å². The molecule has 1 N–H and O–H groups in total. The van der Waals surface area contributed by atoms with Gasteiger partial charge in [0.2, 0.25) is 10.0 Å². The van der Waals surface area contributed by atoms with Crippen molar-refractivity contribution in [2.24, 2.45) is 0 Å². The monoisotopic (exact) mass is 496 g/mol. The Morgan fingerprint density at radius 3 is 2.36 bits per heavy atom. The van der Waals surface area contributed by atoms with Crippen LogP contribution in [-0.4, -0.2) is 32.2 Å². The van der Waals surface area contributed by atoms with Crippen LogP contribution in [0.4, 0.5) is 26.3 Å². The second-order valence-corrected chi connectivity index (χ2v) is 8.83. The summed E-state index contributed by atoms with van der Waals surface area (Å²) in [5.74, 6) is -0.831. The molecule has 0 unspecified atom stereocenters. The van der Waals surface area contributed by atoms with Gasteiger partial charge in [0, 0.05) is 25.2 Å². The van der Waals surface area contributed by atoms with Crippen LogP contribution in [-0.2, 0) is 27.6 Å².